The average Bonchev–Trinajstić information content (AvgIpc) is 2.77. The summed E-state index contributed by atoms with van der Waals surface area (Å²) < 4.78 is 11.9. The SMILES string of the molecule is CCN(c1ccc(C(C)(C)CC(=O)O)cc1NC(=O)Nc1ccc(C)cc1)C1CCS(=O)CC1. The second-order valence-electron chi connectivity index (χ2n) is 9.50. The van der Waals surface area contributed by atoms with Crippen LogP contribution in [0, 0.1) is 6.92 Å². The number of amides is 2. The van der Waals surface area contributed by atoms with Crippen LogP contribution in [0.4, 0.5) is 21.9 Å². The molecule has 8 heteroatoms. The number of urea groups is 1. The average molecular weight is 486 g/mol. The quantitative estimate of drug-likeness (QED) is 0.482. The minimum Gasteiger partial charge on any atom is -0.481 e. The molecule has 2 aromatic rings. The van der Waals surface area contributed by atoms with E-state index in [0.29, 0.717) is 22.9 Å². The van der Waals surface area contributed by atoms with E-state index in [4.69, 9.17) is 0 Å². The first-order valence-electron chi connectivity index (χ1n) is 11.7. The van der Waals surface area contributed by atoms with E-state index in [-0.39, 0.29) is 18.5 Å². The number of carbonyl (C=O) groups excluding carboxylic acids is 1. The molecule has 0 spiro atoms. The molecule has 184 valence electrons. The maximum absolute atomic E-state index is 12.9. The lowest BCUT2D eigenvalue weighted by Gasteiger charge is -2.37. The highest BCUT2D eigenvalue weighted by atomic mass is 32.2. The molecule has 0 aromatic heterocycles. The lowest BCUT2D eigenvalue weighted by Crippen LogP contribution is -2.40. The summed E-state index contributed by atoms with van der Waals surface area (Å²) in [5.41, 5.74) is 3.54. The Morgan fingerprint density at radius 2 is 1.74 bits per heavy atom. The Hall–Kier alpha value is -2.87. The van der Waals surface area contributed by atoms with Crippen LogP contribution in [-0.2, 0) is 21.0 Å². The lowest BCUT2D eigenvalue weighted by atomic mass is 9.81. The summed E-state index contributed by atoms with van der Waals surface area (Å²) in [6.45, 7) is 8.58. The molecule has 1 aliphatic rings. The molecule has 3 rings (SSSR count). The molecule has 0 aliphatic carbocycles. The molecule has 1 saturated heterocycles. The van der Waals surface area contributed by atoms with Gasteiger partial charge in [-0.2, -0.15) is 0 Å². The van der Waals surface area contributed by atoms with Gasteiger partial charge in [0.05, 0.1) is 17.8 Å². The van der Waals surface area contributed by atoms with Crippen LogP contribution in [0.5, 0.6) is 0 Å². The molecule has 0 unspecified atom stereocenters. The van der Waals surface area contributed by atoms with E-state index < -0.39 is 22.2 Å². The van der Waals surface area contributed by atoms with Gasteiger partial charge in [0, 0.05) is 46.0 Å². The van der Waals surface area contributed by atoms with E-state index in [1.54, 1.807) is 0 Å². The first kappa shape index (κ1) is 25.7. The molecule has 3 N–H and O–H groups in total. The number of carbonyl (C=O) groups is 2. The molecule has 0 saturated carbocycles. The van der Waals surface area contributed by atoms with Crippen LogP contribution in [-0.4, -0.2) is 45.4 Å². The standard InChI is InChI=1S/C26H35N3O4S/c1-5-29(21-12-14-34(33)15-13-21)23-11-8-19(26(3,4)17-24(30)31)16-22(23)28-25(32)27-20-9-6-18(2)7-10-20/h6-11,16,21H,5,12-15,17H2,1-4H3,(H,30,31)(H2,27,28,32). The molecular weight excluding hydrogens is 450 g/mol. The number of carboxylic acids is 1. The molecule has 2 amide bonds. The highest BCUT2D eigenvalue weighted by Gasteiger charge is 2.28. The van der Waals surface area contributed by atoms with Crippen LogP contribution in [0.3, 0.4) is 0 Å². The van der Waals surface area contributed by atoms with Gasteiger partial charge in [0.2, 0.25) is 0 Å². The van der Waals surface area contributed by atoms with Crippen molar-refractivity contribution in [3.8, 4) is 0 Å². The monoisotopic (exact) mass is 485 g/mol. The van der Waals surface area contributed by atoms with E-state index in [1.807, 2.05) is 63.2 Å². The fourth-order valence-electron chi connectivity index (χ4n) is 4.43. The van der Waals surface area contributed by atoms with E-state index in [9.17, 15) is 18.9 Å². The normalized spacial score (nSPS) is 18.2. The minimum absolute atomic E-state index is 0.0206. The van der Waals surface area contributed by atoms with E-state index in [1.165, 1.54) is 0 Å². The van der Waals surface area contributed by atoms with Gasteiger partial charge >= 0.3 is 12.0 Å². The van der Waals surface area contributed by atoms with E-state index in [2.05, 4.69) is 22.5 Å². The molecular formula is C26H35N3O4S. The molecule has 34 heavy (non-hydrogen) atoms. The molecule has 0 atom stereocenters. The predicted octanol–water partition coefficient (Wildman–Crippen LogP) is 5.13. The molecule has 0 radical (unpaired) electrons. The van der Waals surface area contributed by atoms with Crippen molar-refractivity contribution in [2.45, 2.75) is 58.4 Å². The molecule has 2 aromatic carbocycles. The first-order chi connectivity index (χ1) is 16.1. The third kappa shape index (κ3) is 6.59. The Labute approximate surface area is 204 Å². The topological polar surface area (TPSA) is 98.7 Å². The lowest BCUT2D eigenvalue weighted by molar-refractivity contribution is -0.138. The van der Waals surface area contributed by atoms with Gasteiger partial charge in [-0.3, -0.25) is 9.00 Å². The van der Waals surface area contributed by atoms with E-state index in [0.717, 1.165) is 36.2 Å². The number of aliphatic carboxylic acids is 1. The minimum atomic E-state index is -0.869. The third-order valence-electron chi connectivity index (χ3n) is 6.38. The van der Waals surface area contributed by atoms with Crippen molar-refractivity contribution in [2.24, 2.45) is 0 Å². The maximum Gasteiger partial charge on any atom is 0.323 e. The Bertz CT molecular complexity index is 1040. The van der Waals surface area contributed by atoms with Gasteiger partial charge < -0.3 is 20.6 Å². The summed E-state index contributed by atoms with van der Waals surface area (Å²) >= 11 is 0. The number of aryl methyl sites for hydroxylation is 1. The fourth-order valence-corrected chi connectivity index (χ4v) is 5.70. The van der Waals surface area contributed by atoms with Gasteiger partial charge in [0.1, 0.15) is 0 Å². The number of benzene rings is 2. The molecule has 1 fully saturated rings. The summed E-state index contributed by atoms with van der Waals surface area (Å²) in [7, 11) is -0.758. The second kappa shape index (κ2) is 11.0. The number of carboxylic acid groups (broad SMARTS) is 1. The summed E-state index contributed by atoms with van der Waals surface area (Å²) in [5, 5.41) is 15.2. The Morgan fingerprint density at radius 1 is 1.09 bits per heavy atom. The number of anilines is 3. The molecule has 1 heterocycles. The summed E-state index contributed by atoms with van der Waals surface area (Å²) in [6, 6.07) is 13.2. The zero-order chi connectivity index (χ0) is 24.9. The van der Waals surface area contributed by atoms with Crippen LogP contribution in [0.1, 0.15) is 51.2 Å². The van der Waals surface area contributed by atoms with Crippen LogP contribution >= 0.6 is 0 Å². The van der Waals surface area contributed by atoms with Crippen molar-refractivity contribution in [3.63, 3.8) is 0 Å². The van der Waals surface area contributed by atoms with Gasteiger partial charge in [0.15, 0.2) is 0 Å². The summed E-state index contributed by atoms with van der Waals surface area (Å²) in [6.07, 6.45) is 1.65. The van der Waals surface area contributed by atoms with Crippen molar-refractivity contribution in [1.29, 1.82) is 0 Å². The zero-order valence-electron chi connectivity index (χ0n) is 20.4. The van der Waals surface area contributed by atoms with E-state index >= 15 is 0 Å². The highest BCUT2D eigenvalue weighted by molar-refractivity contribution is 7.85. The second-order valence-corrected chi connectivity index (χ2v) is 11.2. The van der Waals surface area contributed by atoms with Crippen LogP contribution in [0.15, 0.2) is 42.5 Å². The van der Waals surface area contributed by atoms with Gasteiger partial charge in [0.25, 0.3) is 0 Å². The highest BCUT2D eigenvalue weighted by Crippen LogP contribution is 2.36. The van der Waals surface area contributed by atoms with Gasteiger partial charge in [-0.15, -0.1) is 0 Å². The number of rotatable bonds is 8. The summed E-state index contributed by atoms with van der Waals surface area (Å²) in [5.74, 6) is 0.495. The molecule has 1 aliphatic heterocycles. The number of hydrogen-bond acceptors (Lipinski definition) is 4. The largest absolute Gasteiger partial charge is 0.481 e. The smallest absolute Gasteiger partial charge is 0.323 e. The van der Waals surface area contributed by atoms with Crippen LogP contribution in [0.25, 0.3) is 0 Å². The van der Waals surface area contributed by atoms with Crippen molar-refractivity contribution >= 4 is 39.9 Å². The Morgan fingerprint density at radius 3 is 2.32 bits per heavy atom. The molecule has 0 bridgehead atoms. The van der Waals surface area contributed by atoms with Gasteiger partial charge in [-0.1, -0.05) is 37.6 Å². The van der Waals surface area contributed by atoms with Crippen molar-refractivity contribution < 1.29 is 18.9 Å². The zero-order valence-corrected chi connectivity index (χ0v) is 21.2. The predicted molar refractivity (Wildman–Crippen MR) is 139 cm³/mol. The van der Waals surface area contributed by atoms with Gasteiger partial charge in [-0.25, -0.2) is 4.79 Å². The van der Waals surface area contributed by atoms with Crippen LogP contribution in [0.2, 0.25) is 0 Å². The summed E-state index contributed by atoms with van der Waals surface area (Å²) in [4.78, 5) is 26.6. The number of hydrogen-bond donors (Lipinski definition) is 3. The Kier molecular flexibility index (Phi) is 8.36. The van der Waals surface area contributed by atoms with Crippen molar-refractivity contribution in [3.05, 3.63) is 53.6 Å². The maximum atomic E-state index is 12.9. The van der Waals surface area contributed by atoms with Gasteiger partial charge in [-0.05, 0) is 56.5 Å². The first-order valence-corrected chi connectivity index (χ1v) is 13.2. The third-order valence-corrected chi connectivity index (χ3v) is 7.76. The van der Waals surface area contributed by atoms with Crippen molar-refractivity contribution in [2.75, 3.05) is 33.6 Å². The fraction of sp³-hybridized carbons (Fsp3) is 0.462. The Balaban J connectivity index is 1.93. The number of nitrogens with zero attached hydrogens (tertiary/aromatic N) is 1. The van der Waals surface area contributed by atoms with Crippen LogP contribution < -0.4 is 15.5 Å². The molecule has 7 nitrogen and oxygen atoms in total. The van der Waals surface area contributed by atoms with Crippen molar-refractivity contribution in [1.82, 2.24) is 0 Å². The number of nitrogens with one attached hydrogen (secondary N) is 2.